The van der Waals surface area contributed by atoms with Crippen molar-refractivity contribution in [1.29, 1.82) is 0 Å². The Hall–Kier alpha value is -1.65. The molecule has 0 N–H and O–H groups in total. The highest BCUT2D eigenvalue weighted by Crippen LogP contribution is 2.48. The predicted octanol–water partition coefficient (Wildman–Crippen LogP) is 4.00. The standard InChI is InChI=1S/C18H16BrNO2/c19-14-8-6-13(7-9-14)12-20-16-5-2-1-4-15(16)18(17(20)21)10-3-11-22-18/h1-2,4-9H,3,10-12H2. The monoisotopic (exact) mass is 357 g/mol. The molecule has 0 saturated carbocycles. The van der Waals surface area contributed by atoms with Crippen LogP contribution in [0.3, 0.4) is 0 Å². The van der Waals surface area contributed by atoms with Crippen LogP contribution in [0.5, 0.6) is 0 Å². The first-order valence-corrected chi connectivity index (χ1v) is 8.30. The van der Waals surface area contributed by atoms with Gasteiger partial charge in [0, 0.05) is 16.6 Å². The normalized spacial score (nSPS) is 23.3. The molecule has 22 heavy (non-hydrogen) atoms. The van der Waals surface area contributed by atoms with E-state index in [-0.39, 0.29) is 5.91 Å². The number of halogens is 1. The van der Waals surface area contributed by atoms with E-state index in [1.165, 1.54) is 0 Å². The van der Waals surface area contributed by atoms with E-state index in [2.05, 4.69) is 15.9 Å². The zero-order valence-electron chi connectivity index (χ0n) is 12.1. The van der Waals surface area contributed by atoms with Crippen molar-refractivity contribution in [2.75, 3.05) is 11.5 Å². The molecule has 0 bridgehead atoms. The SMILES string of the molecule is O=C1N(Cc2ccc(Br)cc2)c2ccccc2C12CCCO2. The summed E-state index contributed by atoms with van der Waals surface area (Å²) in [4.78, 5) is 14.9. The molecule has 2 heterocycles. The van der Waals surface area contributed by atoms with E-state index in [1.54, 1.807) is 0 Å². The Morgan fingerprint density at radius 1 is 1.14 bits per heavy atom. The zero-order chi connectivity index (χ0) is 15.2. The van der Waals surface area contributed by atoms with Gasteiger partial charge >= 0.3 is 0 Å². The van der Waals surface area contributed by atoms with E-state index in [0.29, 0.717) is 13.2 Å². The molecule has 0 aromatic heterocycles. The van der Waals surface area contributed by atoms with E-state index in [0.717, 1.165) is 34.1 Å². The van der Waals surface area contributed by atoms with Crippen molar-refractivity contribution in [3.8, 4) is 0 Å². The molecule has 3 nitrogen and oxygen atoms in total. The molecule has 0 aliphatic carbocycles. The van der Waals surface area contributed by atoms with Crippen molar-refractivity contribution in [3.05, 3.63) is 64.1 Å². The summed E-state index contributed by atoms with van der Waals surface area (Å²) < 4.78 is 6.97. The number of carbonyl (C=O) groups excluding carboxylic acids is 1. The summed E-state index contributed by atoms with van der Waals surface area (Å²) >= 11 is 3.44. The highest BCUT2D eigenvalue weighted by Gasteiger charge is 2.53. The van der Waals surface area contributed by atoms with Gasteiger partial charge in [0.1, 0.15) is 0 Å². The third kappa shape index (κ3) is 2.02. The molecule has 2 aliphatic heterocycles. The minimum Gasteiger partial charge on any atom is -0.360 e. The number of fused-ring (bicyclic) bond motifs is 2. The Bertz CT molecular complexity index is 720. The number of hydrogen-bond acceptors (Lipinski definition) is 2. The molecule has 4 rings (SSSR count). The lowest BCUT2D eigenvalue weighted by atomic mass is 9.92. The summed E-state index contributed by atoms with van der Waals surface area (Å²) in [6.45, 7) is 1.24. The van der Waals surface area contributed by atoms with Crippen LogP contribution in [-0.4, -0.2) is 12.5 Å². The van der Waals surface area contributed by atoms with Crippen molar-refractivity contribution in [1.82, 2.24) is 0 Å². The van der Waals surface area contributed by atoms with E-state index >= 15 is 0 Å². The minimum atomic E-state index is -0.744. The summed E-state index contributed by atoms with van der Waals surface area (Å²) in [6, 6.07) is 16.1. The van der Waals surface area contributed by atoms with Crippen molar-refractivity contribution >= 4 is 27.5 Å². The highest BCUT2D eigenvalue weighted by molar-refractivity contribution is 9.10. The lowest BCUT2D eigenvalue weighted by molar-refractivity contribution is -0.137. The topological polar surface area (TPSA) is 29.5 Å². The first-order valence-electron chi connectivity index (χ1n) is 7.51. The number of ether oxygens (including phenoxy) is 1. The van der Waals surface area contributed by atoms with Crippen LogP contribution in [0.1, 0.15) is 24.0 Å². The molecule has 2 aliphatic rings. The Morgan fingerprint density at radius 2 is 1.91 bits per heavy atom. The van der Waals surface area contributed by atoms with Crippen LogP contribution in [0.15, 0.2) is 53.0 Å². The first kappa shape index (κ1) is 14.0. The van der Waals surface area contributed by atoms with Crippen LogP contribution >= 0.6 is 15.9 Å². The first-order chi connectivity index (χ1) is 10.7. The maximum absolute atomic E-state index is 13.0. The predicted molar refractivity (Wildman–Crippen MR) is 88.6 cm³/mol. The van der Waals surface area contributed by atoms with E-state index in [4.69, 9.17) is 4.74 Å². The van der Waals surface area contributed by atoms with Crippen LogP contribution < -0.4 is 4.90 Å². The lowest BCUT2D eigenvalue weighted by Crippen LogP contribution is -2.39. The van der Waals surface area contributed by atoms with Crippen molar-refractivity contribution in [3.63, 3.8) is 0 Å². The summed E-state index contributed by atoms with van der Waals surface area (Å²) in [6.07, 6.45) is 1.71. The van der Waals surface area contributed by atoms with Crippen LogP contribution in [0.25, 0.3) is 0 Å². The van der Waals surface area contributed by atoms with E-state index in [1.807, 2.05) is 53.4 Å². The molecule has 1 amide bonds. The third-order valence-corrected chi connectivity index (χ3v) is 5.02. The van der Waals surface area contributed by atoms with Gasteiger partial charge < -0.3 is 9.64 Å². The number of amides is 1. The lowest BCUT2D eigenvalue weighted by Gasteiger charge is -2.23. The largest absolute Gasteiger partial charge is 0.360 e. The average molecular weight is 358 g/mol. The fourth-order valence-electron chi connectivity index (χ4n) is 3.44. The van der Waals surface area contributed by atoms with Gasteiger partial charge in [-0.05, 0) is 36.6 Å². The second kappa shape index (κ2) is 5.21. The molecule has 4 heteroatoms. The number of benzene rings is 2. The van der Waals surface area contributed by atoms with Gasteiger partial charge in [0.05, 0.1) is 12.2 Å². The molecule has 2 aromatic rings. The maximum atomic E-state index is 13.0. The molecule has 2 aromatic carbocycles. The smallest absolute Gasteiger partial charge is 0.264 e. The van der Waals surface area contributed by atoms with Crippen LogP contribution in [0.4, 0.5) is 5.69 Å². The van der Waals surface area contributed by atoms with Gasteiger partial charge in [0.2, 0.25) is 0 Å². The molecular formula is C18H16BrNO2. The van der Waals surface area contributed by atoms with Gasteiger partial charge in [-0.25, -0.2) is 0 Å². The fourth-order valence-corrected chi connectivity index (χ4v) is 3.71. The Kier molecular flexibility index (Phi) is 3.31. The fraction of sp³-hybridized carbons (Fsp3) is 0.278. The quantitative estimate of drug-likeness (QED) is 0.812. The summed E-state index contributed by atoms with van der Waals surface area (Å²) in [5, 5.41) is 0. The van der Waals surface area contributed by atoms with Gasteiger partial charge in [-0.2, -0.15) is 0 Å². The van der Waals surface area contributed by atoms with Crippen LogP contribution in [0, 0.1) is 0 Å². The number of anilines is 1. The van der Waals surface area contributed by atoms with Crippen molar-refractivity contribution < 1.29 is 9.53 Å². The summed E-state index contributed by atoms with van der Waals surface area (Å²) in [7, 11) is 0. The zero-order valence-corrected chi connectivity index (χ0v) is 13.7. The number of para-hydroxylation sites is 1. The van der Waals surface area contributed by atoms with Crippen LogP contribution in [0.2, 0.25) is 0 Å². The maximum Gasteiger partial charge on any atom is 0.264 e. The van der Waals surface area contributed by atoms with Gasteiger partial charge in [0.25, 0.3) is 5.91 Å². The second-order valence-electron chi connectivity index (χ2n) is 5.81. The van der Waals surface area contributed by atoms with Crippen LogP contribution in [-0.2, 0) is 21.7 Å². The molecular weight excluding hydrogens is 342 g/mol. The van der Waals surface area contributed by atoms with Gasteiger partial charge in [-0.1, -0.05) is 46.3 Å². The molecule has 1 fully saturated rings. The Labute approximate surface area is 138 Å². The second-order valence-corrected chi connectivity index (χ2v) is 6.73. The molecule has 1 saturated heterocycles. The average Bonchev–Trinajstić information content (AvgIpc) is 3.11. The molecule has 1 atom stereocenters. The summed E-state index contributed by atoms with van der Waals surface area (Å²) in [5.41, 5.74) is 2.37. The summed E-state index contributed by atoms with van der Waals surface area (Å²) in [5.74, 6) is 0.0779. The number of nitrogens with zero attached hydrogens (tertiary/aromatic N) is 1. The highest BCUT2D eigenvalue weighted by atomic mass is 79.9. The third-order valence-electron chi connectivity index (χ3n) is 4.50. The van der Waals surface area contributed by atoms with E-state index < -0.39 is 5.60 Å². The molecule has 112 valence electrons. The molecule has 0 radical (unpaired) electrons. The molecule has 1 spiro atoms. The van der Waals surface area contributed by atoms with Gasteiger partial charge in [-0.3, -0.25) is 4.79 Å². The van der Waals surface area contributed by atoms with Gasteiger partial charge in [0.15, 0.2) is 5.60 Å². The van der Waals surface area contributed by atoms with Crippen molar-refractivity contribution in [2.45, 2.75) is 25.0 Å². The Balaban J connectivity index is 1.74. The Morgan fingerprint density at radius 3 is 2.64 bits per heavy atom. The minimum absolute atomic E-state index is 0.0779. The number of hydrogen-bond donors (Lipinski definition) is 0. The van der Waals surface area contributed by atoms with Crippen molar-refractivity contribution in [2.24, 2.45) is 0 Å². The van der Waals surface area contributed by atoms with E-state index in [9.17, 15) is 4.79 Å². The number of carbonyl (C=O) groups is 1. The number of rotatable bonds is 2. The molecule has 1 unspecified atom stereocenters. The van der Waals surface area contributed by atoms with Gasteiger partial charge in [-0.15, -0.1) is 0 Å².